The van der Waals surface area contributed by atoms with E-state index in [1.54, 1.807) is 6.07 Å². The molecular weight excluding hydrogens is 200 g/mol. The number of pyridine rings is 1. The maximum absolute atomic E-state index is 5.74. The first-order chi connectivity index (χ1) is 7.79. The first-order valence-electron chi connectivity index (χ1n) is 5.25. The van der Waals surface area contributed by atoms with Crippen molar-refractivity contribution in [2.45, 2.75) is 6.92 Å². The number of hydrogen-bond acceptors (Lipinski definition) is 3. The van der Waals surface area contributed by atoms with Crippen LogP contribution in [-0.2, 0) is 0 Å². The van der Waals surface area contributed by atoms with Crippen LogP contribution in [0, 0.1) is 0 Å². The summed E-state index contributed by atoms with van der Waals surface area (Å²) in [4.78, 5) is 4.28. The molecule has 0 saturated carbocycles. The van der Waals surface area contributed by atoms with Gasteiger partial charge in [0.2, 0.25) is 0 Å². The molecular formula is C13H14N2O. The molecule has 0 amide bonds. The number of hydrogen-bond donors (Lipinski definition) is 1. The average molecular weight is 214 g/mol. The first-order valence-corrected chi connectivity index (χ1v) is 5.25. The summed E-state index contributed by atoms with van der Waals surface area (Å²) in [6.45, 7) is 2.57. The van der Waals surface area contributed by atoms with Crippen LogP contribution in [0.15, 0.2) is 42.5 Å². The van der Waals surface area contributed by atoms with Gasteiger partial charge in [-0.25, -0.2) is 4.98 Å². The van der Waals surface area contributed by atoms with Crippen molar-refractivity contribution in [2.75, 3.05) is 12.3 Å². The van der Waals surface area contributed by atoms with Crippen molar-refractivity contribution in [3.63, 3.8) is 0 Å². The van der Waals surface area contributed by atoms with E-state index in [4.69, 9.17) is 10.5 Å². The molecule has 0 fully saturated rings. The molecule has 82 valence electrons. The fourth-order valence-electron chi connectivity index (χ4n) is 1.53. The highest BCUT2D eigenvalue weighted by molar-refractivity contribution is 5.63. The number of aromatic nitrogens is 1. The molecule has 0 unspecified atom stereocenters. The minimum absolute atomic E-state index is 0.477. The van der Waals surface area contributed by atoms with Gasteiger partial charge in [-0.2, -0.15) is 0 Å². The van der Waals surface area contributed by atoms with Gasteiger partial charge in [0, 0.05) is 17.7 Å². The second-order valence-corrected chi connectivity index (χ2v) is 3.41. The van der Waals surface area contributed by atoms with Crippen LogP contribution in [0.3, 0.4) is 0 Å². The number of ether oxygens (including phenoxy) is 1. The highest BCUT2D eigenvalue weighted by Gasteiger charge is 2.03. The van der Waals surface area contributed by atoms with E-state index in [1.807, 2.05) is 43.3 Å². The third kappa shape index (κ3) is 2.31. The molecule has 0 aliphatic carbocycles. The molecule has 2 rings (SSSR count). The maximum atomic E-state index is 5.74. The predicted octanol–water partition coefficient (Wildman–Crippen LogP) is 2.73. The lowest BCUT2D eigenvalue weighted by atomic mass is 10.1. The number of nitrogen functional groups attached to an aromatic ring is 1. The maximum Gasteiger partial charge on any atom is 0.127 e. The van der Waals surface area contributed by atoms with Gasteiger partial charge in [-0.3, -0.25) is 0 Å². The normalized spacial score (nSPS) is 10.1. The van der Waals surface area contributed by atoms with E-state index < -0.39 is 0 Å². The lowest BCUT2D eigenvalue weighted by Gasteiger charge is -2.07. The van der Waals surface area contributed by atoms with E-state index >= 15 is 0 Å². The number of anilines is 1. The third-order valence-electron chi connectivity index (χ3n) is 2.20. The zero-order valence-electron chi connectivity index (χ0n) is 9.18. The summed E-state index contributed by atoms with van der Waals surface area (Å²) in [6, 6.07) is 13.5. The Labute approximate surface area is 94.9 Å². The Morgan fingerprint density at radius 2 is 1.94 bits per heavy atom. The van der Waals surface area contributed by atoms with E-state index in [0.29, 0.717) is 12.4 Å². The highest BCUT2D eigenvalue weighted by Crippen LogP contribution is 2.23. The molecule has 0 aliphatic heterocycles. The molecule has 0 radical (unpaired) electrons. The van der Waals surface area contributed by atoms with Gasteiger partial charge in [0.15, 0.2) is 0 Å². The number of nitrogens with zero attached hydrogens (tertiary/aromatic N) is 1. The highest BCUT2D eigenvalue weighted by atomic mass is 16.5. The average Bonchev–Trinajstić information content (AvgIpc) is 2.30. The Bertz CT molecular complexity index is 469. The summed E-state index contributed by atoms with van der Waals surface area (Å²) in [7, 11) is 0. The number of benzene rings is 1. The summed E-state index contributed by atoms with van der Waals surface area (Å²) >= 11 is 0. The third-order valence-corrected chi connectivity index (χ3v) is 2.20. The second-order valence-electron chi connectivity index (χ2n) is 3.41. The Balaban J connectivity index is 2.41. The Morgan fingerprint density at radius 1 is 1.19 bits per heavy atom. The van der Waals surface area contributed by atoms with E-state index in [2.05, 4.69) is 4.98 Å². The summed E-state index contributed by atoms with van der Waals surface area (Å²) in [5.74, 6) is 1.23. The van der Waals surface area contributed by atoms with Crippen molar-refractivity contribution in [2.24, 2.45) is 0 Å². The van der Waals surface area contributed by atoms with Gasteiger partial charge in [-0.15, -0.1) is 0 Å². The minimum Gasteiger partial charge on any atom is -0.494 e. The Morgan fingerprint density at radius 3 is 2.62 bits per heavy atom. The van der Waals surface area contributed by atoms with Gasteiger partial charge < -0.3 is 10.5 Å². The van der Waals surface area contributed by atoms with Gasteiger partial charge in [0.25, 0.3) is 0 Å². The molecule has 0 aliphatic rings. The van der Waals surface area contributed by atoms with Crippen LogP contribution >= 0.6 is 0 Å². The van der Waals surface area contributed by atoms with Crippen molar-refractivity contribution in [1.82, 2.24) is 4.98 Å². The summed E-state index contributed by atoms with van der Waals surface area (Å²) in [6.07, 6.45) is 0. The topological polar surface area (TPSA) is 48.1 Å². The molecule has 3 nitrogen and oxygen atoms in total. The summed E-state index contributed by atoms with van der Waals surface area (Å²) in [5, 5.41) is 0. The molecule has 2 aromatic rings. The molecule has 16 heavy (non-hydrogen) atoms. The van der Waals surface area contributed by atoms with Gasteiger partial charge in [0.05, 0.1) is 12.3 Å². The number of nitrogens with two attached hydrogens (primary N) is 1. The van der Waals surface area contributed by atoms with Crippen LogP contribution in [0.2, 0.25) is 0 Å². The van der Waals surface area contributed by atoms with Crippen LogP contribution in [0.5, 0.6) is 5.75 Å². The number of rotatable bonds is 3. The van der Waals surface area contributed by atoms with E-state index in [9.17, 15) is 0 Å². The van der Waals surface area contributed by atoms with Crippen LogP contribution in [0.1, 0.15) is 6.92 Å². The quantitative estimate of drug-likeness (QED) is 0.854. The van der Waals surface area contributed by atoms with Gasteiger partial charge in [0.1, 0.15) is 11.6 Å². The predicted molar refractivity (Wildman–Crippen MR) is 65.3 cm³/mol. The Kier molecular flexibility index (Phi) is 3.05. The van der Waals surface area contributed by atoms with Crippen molar-refractivity contribution in [1.29, 1.82) is 0 Å². The van der Waals surface area contributed by atoms with E-state index in [1.165, 1.54) is 0 Å². The Hall–Kier alpha value is -2.03. The van der Waals surface area contributed by atoms with E-state index in [-0.39, 0.29) is 0 Å². The van der Waals surface area contributed by atoms with Crippen LogP contribution in [0.25, 0.3) is 11.3 Å². The van der Waals surface area contributed by atoms with Crippen LogP contribution in [0.4, 0.5) is 5.82 Å². The fourth-order valence-corrected chi connectivity index (χ4v) is 1.53. The van der Waals surface area contributed by atoms with Crippen molar-refractivity contribution < 1.29 is 4.74 Å². The fraction of sp³-hybridized carbons (Fsp3) is 0.154. The molecule has 3 heteroatoms. The zero-order chi connectivity index (χ0) is 11.4. The molecule has 0 atom stereocenters. The largest absolute Gasteiger partial charge is 0.494 e. The van der Waals surface area contributed by atoms with Crippen LogP contribution in [-0.4, -0.2) is 11.6 Å². The van der Waals surface area contributed by atoms with Crippen molar-refractivity contribution in [3.8, 4) is 17.0 Å². The van der Waals surface area contributed by atoms with Gasteiger partial charge in [-0.1, -0.05) is 30.3 Å². The summed E-state index contributed by atoms with van der Waals surface area (Å²) in [5.41, 5.74) is 7.61. The van der Waals surface area contributed by atoms with E-state index in [0.717, 1.165) is 17.0 Å². The van der Waals surface area contributed by atoms with Crippen molar-refractivity contribution >= 4 is 5.82 Å². The molecule has 1 heterocycles. The monoisotopic (exact) mass is 214 g/mol. The molecule has 0 spiro atoms. The molecule has 1 aromatic carbocycles. The smallest absolute Gasteiger partial charge is 0.127 e. The molecule has 2 N–H and O–H groups in total. The SMILES string of the molecule is CCOc1cc(N)nc(-c2ccccc2)c1. The van der Waals surface area contributed by atoms with Gasteiger partial charge >= 0.3 is 0 Å². The van der Waals surface area contributed by atoms with Gasteiger partial charge in [-0.05, 0) is 6.92 Å². The lowest BCUT2D eigenvalue weighted by Crippen LogP contribution is -1.97. The van der Waals surface area contributed by atoms with Crippen LogP contribution < -0.4 is 10.5 Å². The first kappa shape index (κ1) is 10.5. The standard InChI is InChI=1S/C13H14N2O/c1-2-16-11-8-12(15-13(14)9-11)10-6-4-3-5-7-10/h3-9H,2H2,1H3,(H2,14,15). The molecule has 0 bridgehead atoms. The second kappa shape index (κ2) is 4.66. The summed E-state index contributed by atoms with van der Waals surface area (Å²) < 4.78 is 5.43. The minimum atomic E-state index is 0.477. The lowest BCUT2D eigenvalue weighted by molar-refractivity contribution is 0.340. The molecule has 0 saturated heterocycles. The van der Waals surface area contributed by atoms with Crippen molar-refractivity contribution in [3.05, 3.63) is 42.5 Å². The molecule has 1 aromatic heterocycles. The zero-order valence-corrected chi connectivity index (χ0v) is 9.18.